The number of amides is 1. The van der Waals surface area contributed by atoms with Crippen LogP contribution in [0.2, 0.25) is 0 Å². The van der Waals surface area contributed by atoms with Crippen molar-refractivity contribution >= 4 is 16.8 Å². The monoisotopic (exact) mass is 359 g/mol. The van der Waals surface area contributed by atoms with Crippen LogP contribution in [0.5, 0.6) is 5.75 Å². The van der Waals surface area contributed by atoms with E-state index in [0.29, 0.717) is 6.42 Å². The van der Waals surface area contributed by atoms with Gasteiger partial charge in [-0.3, -0.25) is 4.79 Å². The van der Waals surface area contributed by atoms with Crippen LogP contribution in [0.1, 0.15) is 57.9 Å². The van der Waals surface area contributed by atoms with Crippen LogP contribution in [-0.2, 0) is 11.2 Å². The largest absolute Gasteiger partial charge is 0.508 e. The van der Waals surface area contributed by atoms with Crippen LogP contribution >= 0.6 is 0 Å². The zero-order chi connectivity index (χ0) is 18.9. The van der Waals surface area contributed by atoms with E-state index in [4.69, 9.17) is 5.73 Å². The molecule has 1 amide bonds. The highest BCUT2D eigenvalue weighted by Gasteiger charge is 2.22. The van der Waals surface area contributed by atoms with Crippen molar-refractivity contribution in [3.63, 3.8) is 0 Å². The fraction of sp³-hybridized carbons (Fsp3) is 0.571. The minimum absolute atomic E-state index is 0.0340. The third-order valence-electron chi connectivity index (χ3n) is 4.88. The smallest absolute Gasteiger partial charge is 0.239 e. The van der Waals surface area contributed by atoms with Crippen LogP contribution < -0.4 is 5.73 Å². The summed E-state index contributed by atoms with van der Waals surface area (Å²) in [6, 6.07) is 4.65. The van der Waals surface area contributed by atoms with Crippen molar-refractivity contribution in [2.75, 3.05) is 13.1 Å². The van der Waals surface area contributed by atoms with E-state index >= 15 is 0 Å². The Morgan fingerprint density at radius 1 is 1.15 bits per heavy atom. The third kappa shape index (κ3) is 5.49. The van der Waals surface area contributed by atoms with Crippen molar-refractivity contribution in [1.29, 1.82) is 0 Å². The molecule has 0 fully saturated rings. The van der Waals surface area contributed by atoms with E-state index in [-0.39, 0.29) is 11.7 Å². The molecule has 0 saturated heterocycles. The molecule has 1 aromatic heterocycles. The second-order valence-electron chi connectivity index (χ2n) is 7.09. The number of unbranched alkanes of at least 4 members (excludes halogenated alkanes) is 4. The number of aromatic hydroxyl groups is 1. The Hall–Kier alpha value is -2.01. The number of hydrogen-bond acceptors (Lipinski definition) is 3. The maximum Gasteiger partial charge on any atom is 0.239 e. The van der Waals surface area contributed by atoms with Gasteiger partial charge in [-0.2, -0.15) is 0 Å². The topological polar surface area (TPSA) is 82.3 Å². The Morgan fingerprint density at radius 3 is 2.42 bits per heavy atom. The van der Waals surface area contributed by atoms with Crippen molar-refractivity contribution in [3.8, 4) is 5.75 Å². The van der Waals surface area contributed by atoms with E-state index in [9.17, 15) is 9.90 Å². The average molecular weight is 360 g/mol. The molecule has 26 heavy (non-hydrogen) atoms. The molecule has 1 unspecified atom stereocenters. The van der Waals surface area contributed by atoms with Gasteiger partial charge in [-0.15, -0.1) is 0 Å². The van der Waals surface area contributed by atoms with Crippen molar-refractivity contribution in [1.82, 2.24) is 9.88 Å². The number of carbonyl (C=O) groups is 1. The van der Waals surface area contributed by atoms with Crippen molar-refractivity contribution < 1.29 is 9.90 Å². The number of H-pyrrole nitrogens is 1. The summed E-state index contributed by atoms with van der Waals surface area (Å²) in [7, 11) is 0. The van der Waals surface area contributed by atoms with Crippen LogP contribution in [0.3, 0.4) is 0 Å². The lowest BCUT2D eigenvalue weighted by Crippen LogP contribution is -2.45. The Morgan fingerprint density at radius 2 is 1.81 bits per heavy atom. The lowest BCUT2D eigenvalue weighted by molar-refractivity contribution is -0.132. The number of phenolic OH excluding ortho intramolecular Hbond substituents is 1. The minimum atomic E-state index is -0.556. The maximum absolute atomic E-state index is 12.9. The summed E-state index contributed by atoms with van der Waals surface area (Å²) in [4.78, 5) is 18.0. The van der Waals surface area contributed by atoms with E-state index < -0.39 is 6.04 Å². The molecule has 4 N–H and O–H groups in total. The first-order valence-corrected chi connectivity index (χ1v) is 9.90. The average Bonchev–Trinajstić information content (AvgIpc) is 3.02. The molecule has 5 heteroatoms. The number of phenols is 1. The van der Waals surface area contributed by atoms with Gasteiger partial charge in [0.15, 0.2) is 0 Å². The molecule has 0 spiro atoms. The molecule has 2 aromatic rings. The standard InChI is InChI=1S/C21H33N3O2/c1-3-5-7-11-24(12-8-6-4-2)21(26)19(22)13-16-15-23-20-10-9-17(25)14-18(16)20/h9-10,14-15,19,23,25H,3-8,11-13,22H2,1-2H3. The third-order valence-corrected chi connectivity index (χ3v) is 4.88. The van der Waals surface area contributed by atoms with E-state index in [1.165, 1.54) is 0 Å². The lowest BCUT2D eigenvalue weighted by Gasteiger charge is -2.26. The van der Waals surface area contributed by atoms with Gasteiger partial charge in [0.1, 0.15) is 5.75 Å². The summed E-state index contributed by atoms with van der Waals surface area (Å²) >= 11 is 0. The SMILES string of the molecule is CCCCCN(CCCCC)C(=O)C(N)Cc1c[nH]c2ccc(O)cc12. The first-order valence-electron chi connectivity index (χ1n) is 9.90. The first-order chi connectivity index (χ1) is 12.6. The summed E-state index contributed by atoms with van der Waals surface area (Å²) in [5.74, 6) is 0.255. The molecular weight excluding hydrogens is 326 g/mol. The zero-order valence-corrected chi connectivity index (χ0v) is 16.1. The van der Waals surface area contributed by atoms with Crippen molar-refractivity contribution in [2.45, 2.75) is 64.8 Å². The molecule has 0 radical (unpaired) electrons. The Balaban J connectivity index is 2.04. The lowest BCUT2D eigenvalue weighted by atomic mass is 10.0. The number of fused-ring (bicyclic) bond motifs is 1. The van der Waals surface area contributed by atoms with Gasteiger partial charge in [0, 0.05) is 30.2 Å². The molecular formula is C21H33N3O2. The van der Waals surface area contributed by atoms with Gasteiger partial charge in [0.25, 0.3) is 0 Å². The predicted molar refractivity (Wildman–Crippen MR) is 107 cm³/mol. The van der Waals surface area contributed by atoms with E-state index in [1.807, 2.05) is 17.2 Å². The van der Waals surface area contributed by atoms with Gasteiger partial charge in [-0.25, -0.2) is 0 Å². The molecule has 0 bridgehead atoms. The first kappa shape index (κ1) is 20.3. The number of nitrogens with one attached hydrogen (secondary N) is 1. The molecule has 0 aliphatic rings. The zero-order valence-electron chi connectivity index (χ0n) is 16.1. The highest BCUT2D eigenvalue weighted by molar-refractivity contribution is 5.87. The van der Waals surface area contributed by atoms with Crippen LogP contribution in [0.25, 0.3) is 10.9 Å². The Kier molecular flexibility index (Phi) is 7.98. The molecule has 1 aromatic carbocycles. The second-order valence-corrected chi connectivity index (χ2v) is 7.09. The normalized spacial score (nSPS) is 12.4. The number of aromatic nitrogens is 1. The van der Waals surface area contributed by atoms with Gasteiger partial charge < -0.3 is 20.7 Å². The number of aromatic amines is 1. The molecule has 1 atom stereocenters. The van der Waals surface area contributed by atoms with Gasteiger partial charge in [0.05, 0.1) is 6.04 Å². The molecule has 1 heterocycles. The maximum atomic E-state index is 12.9. The van der Waals surface area contributed by atoms with Crippen LogP contribution in [-0.4, -0.2) is 40.0 Å². The minimum Gasteiger partial charge on any atom is -0.508 e. The van der Waals surface area contributed by atoms with Crippen LogP contribution in [0, 0.1) is 0 Å². The molecule has 0 aliphatic heterocycles. The second kappa shape index (κ2) is 10.2. The summed E-state index contributed by atoms with van der Waals surface area (Å²) < 4.78 is 0. The fourth-order valence-corrected chi connectivity index (χ4v) is 3.33. The molecule has 0 saturated carbocycles. The summed E-state index contributed by atoms with van der Waals surface area (Å²) in [5, 5.41) is 10.7. The Labute approximate surface area is 156 Å². The number of nitrogens with zero attached hydrogens (tertiary/aromatic N) is 1. The molecule has 2 rings (SSSR count). The van der Waals surface area contributed by atoms with Gasteiger partial charge in [-0.1, -0.05) is 39.5 Å². The summed E-state index contributed by atoms with van der Waals surface area (Å²) in [6.45, 7) is 5.92. The highest BCUT2D eigenvalue weighted by Crippen LogP contribution is 2.24. The quantitative estimate of drug-likeness (QED) is 0.531. The molecule has 0 aliphatic carbocycles. The van der Waals surface area contributed by atoms with E-state index in [0.717, 1.165) is 68.1 Å². The summed E-state index contributed by atoms with van der Waals surface area (Å²) in [5.41, 5.74) is 8.20. The number of benzene rings is 1. The highest BCUT2D eigenvalue weighted by atomic mass is 16.3. The number of hydrogen-bond donors (Lipinski definition) is 3. The predicted octanol–water partition coefficient (Wildman–Crippen LogP) is 3.95. The molecule has 5 nitrogen and oxygen atoms in total. The van der Waals surface area contributed by atoms with Crippen LogP contribution in [0.15, 0.2) is 24.4 Å². The van der Waals surface area contributed by atoms with Crippen molar-refractivity contribution in [2.24, 2.45) is 5.73 Å². The number of nitrogens with two attached hydrogens (primary N) is 1. The number of rotatable bonds is 11. The summed E-state index contributed by atoms with van der Waals surface area (Å²) in [6.07, 6.45) is 8.97. The van der Waals surface area contributed by atoms with Crippen molar-refractivity contribution in [3.05, 3.63) is 30.0 Å². The van der Waals surface area contributed by atoms with E-state index in [1.54, 1.807) is 12.1 Å². The number of carbonyl (C=O) groups excluding carboxylic acids is 1. The van der Waals surface area contributed by atoms with Crippen LogP contribution in [0.4, 0.5) is 0 Å². The van der Waals surface area contributed by atoms with Gasteiger partial charge >= 0.3 is 0 Å². The van der Waals surface area contributed by atoms with Gasteiger partial charge in [-0.05, 0) is 43.0 Å². The van der Waals surface area contributed by atoms with Gasteiger partial charge in [0.2, 0.25) is 5.91 Å². The Bertz CT molecular complexity index is 686. The molecule has 144 valence electrons. The fourth-order valence-electron chi connectivity index (χ4n) is 3.33. The van der Waals surface area contributed by atoms with E-state index in [2.05, 4.69) is 18.8 Å².